The predicted molar refractivity (Wildman–Crippen MR) is 74.5 cm³/mol. The largest absolute Gasteiger partial charge is 0.372 e. The number of Topliss-reactive ketones (excluding diaryl/α,β-unsaturated/α-hetero) is 1. The van der Waals surface area contributed by atoms with Crippen molar-refractivity contribution in [1.82, 2.24) is 0 Å². The summed E-state index contributed by atoms with van der Waals surface area (Å²) < 4.78 is 0.821. The summed E-state index contributed by atoms with van der Waals surface area (Å²) in [5.74, 6) is 0.376. The Labute approximate surface area is 116 Å². The number of rotatable bonds is 2. The Morgan fingerprint density at radius 1 is 1.39 bits per heavy atom. The molecule has 0 atom stereocenters. The summed E-state index contributed by atoms with van der Waals surface area (Å²) in [5.41, 5.74) is 1.73. The van der Waals surface area contributed by atoms with E-state index < -0.39 is 0 Å². The summed E-state index contributed by atoms with van der Waals surface area (Å²) in [6.45, 7) is 0. The Balaban J connectivity index is 2.14. The molecular weight excluding hydrogens is 292 g/mol. The van der Waals surface area contributed by atoms with E-state index >= 15 is 0 Å². The van der Waals surface area contributed by atoms with Crippen LogP contribution in [0.5, 0.6) is 0 Å². The number of nitrogens with zero attached hydrogens (tertiary/aromatic N) is 2. The van der Waals surface area contributed by atoms with E-state index in [-0.39, 0.29) is 0 Å². The number of hydrogen-bond donors (Lipinski definition) is 0. The summed E-state index contributed by atoms with van der Waals surface area (Å²) in [7, 11) is 2.05. The molecule has 1 aromatic carbocycles. The van der Waals surface area contributed by atoms with Gasteiger partial charge in [-0.3, -0.25) is 4.79 Å². The van der Waals surface area contributed by atoms with Crippen molar-refractivity contribution in [1.29, 1.82) is 5.26 Å². The number of hydrogen-bond acceptors (Lipinski definition) is 3. The van der Waals surface area contributed by atoms with Gasteiger partial charge in [-0.05, 0) is 47.0 Å². The lowest BCUT2D eigenvalue weighted by Gasteiger charge is -2.32. The molecule has 0 aromatic heterocycles. The van der Waals surface area contributed by atoms with Crippen LogP contribution < -0.4 is 4.90 Å². The maximum absolute atomic E-state index is 11.2. The van der Waals surface area contributed by atoms with Gasteiger partial charge in [-0.15, -0.1) is 0 Å². The first-order chi connectivity index (χ1) is 8.61. The minimum Gasteiger partial charge on any atom is -0.372 e. The van der Waals surface area contributed by atoms with Gasteiger partial charge < -0.3 is 4.90 Å². The molecule has 94 valence electrons. The second-order valence-corrected chi connectivity index (χ2v) is 5.51. The first-order valence-electron chi connectivity index (χ1n) is 6.06. The Bertz CT molecular complexity index is 497. The van der Waals surface area contributed by atoms with Crippen molar-refractivity contribution in [2.24, 2.45) is 0 Å². The molecule has 4 heteroatoms. The highest BCUT2D eigenvalue weighted by Crippen LogP contribution is 2.28. The van der Waals surface area contributed by atoms with Gasteiger partial charge in [-0.1, -0.05) is 0 Å². The van der Waals surface area contributed by atoms with E-state index in [9.17, 15) is 4.79 Å². The summed E-state index contributed by atoms with van der Waals surface area (Å²) in [6.07, 6.45) is 3.22. The van der Waals surface area contributed by atoms with Gasteiger partial charge in [-0.25, -0.2) is 0 Å². The zero-order valence-corrected chi connectivity index (χ0v) is 11.9. The molecule has 3 nitrogen and oxygen atoms in total. The zero-order chi connectivity index (χ0) is 13.1. The quantitative estimate of drug-likeness (QED) is 0.842. The SMILES string of the molecule is CN(c1ccc(C#N)c(Br)c1)C1CCC(=O)CC1. The van der Waals surface area contributed by atoms with Crippen molar-refractivity contribution in [3.05, 3.63) is 28.2 Å². The molecule has 0 unspecified atom stereocenters. The number of nitriles is 1. The molecule has 1 saturated carbocycles. The highest BCUT2D eigenvalue weighted by molar-refractivity contribution is 9.10. The fourth-order valence-electron chi connectivity index (χ4n) is 2.34. The molecule has 0 aliphatic heterocycles. The van der Waals surface area contributed by atoms with Gasteiger partial charge in [0, 0.05) is 36.1 Å². The standard InChI is InChI=1S/C14H15BrN2O/c1-17(11-4-6-13(18)7-5-11)12-3-2-10(9-16)14(15)8-12/h2-3,8,11H,4-7H2,1H3. The van der Waals surface area contributed by atoms with E-state index in [0.717, 1.165) is 23.0 Å². The van der Waals surface area contributed by atoms with Crippen LogP contribution in [0.15, 0.2) is 22.7 Å². The van der Waals surface area contributed by atoms with Crippen LogP contribution in [0, 0.1) is 11.3 Å². The molecule has 1 aliphatic carbocycles. The number of carbonyl (C=O) groups is 1. The van der Waals surface area contributed by atoms with Crippen molar-refractivity contribution in [3.63, 3.8) is 0 Å². The van der Waals surface area contributed by atoms with Crippen LogP contribution in [0.2, 0.25) is 0 Å². The van der Waals surface area contributed by atoms with Gasteiger partial charge in [0.1, 0.15) is 11.9 Å². The van der Waals surface area contributed by atoms with Crippen molar-refractivity contribution in [2.75, 3.05) is 11.9 Å². The van der Waals surface area contributed by atoms with Crippen molar-refractivity contribution in [2.45, 2.75) is 31.7 Å². The minimum atomic E-state index is 0.376. The maximum Gasteiger partial charge on any atom is 0.133 e. The lowest BCUT2D eigenvalue weighted by atomic mass is 9.93. The topological polar surface area (TPSA) is 44.1 Å². The van der Waals surface area contributed by atoms with E-state index in [1.54, 1.807) is 0 Å². The van der Waals surface area contributed by atoms with E-state index in [0.29, 0.717) is 30.2 Å². The second kappa shape index (κ2) is 5.53. The van der Waals surface area contributed by atoms with Gasteiger partial charge in [0.05, 0.1) is 5.56 Å². The summed E-state index contributed by atoms with van der Waals surface area (Å²) in [6, 6.07) is 8.30. The van der Waals surface area contributed by atoms with Crippen LogP contribution in [0.25, 0.3) is 0 Å². The van der Waals surface area contributed by atoms with Crippen LogP contribution in [0.4, 0.5) is 5.69 Å². The minimum absolute atomic E-state index is 0.376. The van der Waals surface area contributed by atoms with Gasteiger partial charge in [-0.2, -0.15) is 5.26 Å². The number of ketones is 1. The lowest BCUT2D eigenvalue weighted by Crippen LogP contribution is -2.35. The monoisotopic (exact) mass is 306 g/mol. The van der Waals surface area contributed by atoms with Crippen LogP contribution in [-0.2, 0) is 4.79 Å². The molecular formula is C14H15BrN2O. The van der Waals surface area contributed by atoms with E-state index in [2.05, 4.69) is 26.9 Å². The van der Waals surface area contributed by atoms with Crippen LogP contribution in [0.1, 0.15) is 31.2 Å². The third-order valence-corrected chi connectivity index (χ3v) is 4.20. The van der Waals surface area contributed by atoms with Gasteiger partial charge in [0.15, 0.2) is 0 Å². The van der Waals surface area contributed by atoms with Crippen LogP contribution >= 0.6 is 15.9 Å². The van der Waals surface area contributed by atoms with Crippen LogP contribution in [-0.4, -0.2) is 18.9 Å². The highest BCUT2D eigenvalue weighted by atomic mass is 79.9. The van der Waals surface area contributed by atoms with Gasteiger partial charge in [0.2, 0.25) is 0 Å². The number of halogens is 1. The van der Waals surface area contributed by atoms with E-state index in [4.69, 9.17) is 5.26 Å². The molecule has 1 fully saturated rings. The molecule has 18 heavy (non-hydrogen) atoms. The normalized spacial score (nSPS) is 16.4. The molecule has 0 heterocycles. The molecule has 2 rings (SSSR count). The molecule has 0 saturated heterocycles. The Hall–Kier alpha value is -1.34. The lowest BCUT2D eigenvalue weighted by molar-refractivity contribution is -0.120. The molecule has 0 N–H and O–H groups in total. The first kappa shape index (κ1) is 13.1. The summed E-state index contributed by atoms with van der Waals surface area (Å²) >= 11 is 3.41. The first-order valence-corrected chi connectivity index (χ1v) is 6.85. The van der Waals surface area contributed by atoms with Crippen molar-refractivity contribution in [3.8, 4) is 6.07 Å². The summed E-state index contributed by atoms with van der Waals surface area (Å²) in [5, 5.41) is 8.89. The highest BCUT2D eigenvalue weighted by Gasteiger charge is 2.22. The molecule has 0 bridgehead atoms. The summed E-state index contributed by atoms with van der Waals surface area (Å²) in [4.78, 5) is 13.4. The number of anilines is 1. The van der Waals surface area contributed by atoms with Gasteiger partial charge >= 0.3 is 0 Å². The smallest absolute Gasteiger partial charge is 0.133 e. The third-order valence-electron chi connectivity index (χ3n) is 3.54. The Kier molecular flexibility index (Phi) is 4.03. The molecule has 0 amide bonds. The Morgan fingerprint density at radius 3 is 2.61 bits per heavy atom. The van der Waals surface area contributed by atoms with Crippen molar-refractivity contribution < 1.29 is 4.79 Å². The fraction of sp³-hybridized carbons (Fsp3) is 0.429. The molecule has 1 aromatic rings. The van der Waals surface area contributed by atoms with Crippen LogP contribution in [0.3, 0.4) is 0 Å². The number of carbonyl (C=O) groups excluding carboxylic acids is 1. The average molecular weight is 307 g/mol. The molecule has 0 spiro atoms. The van der Waals surface area contributed by atoms with E-state index in [1.807, 2.05) is 25.2 Å². The molecule has 0 radical (unpaired) electrons. The zero-order valence-electron chi connectivity index (χ0n) is 10.3. The predicted octanol–water partition coefficient (Wildman–Crippen LogP) is 3.27. The van der Waals surface area contributed by atoms with Gasteiger partial charge in [0.25, 0.3) is 0 Å². The van der Waals surface area contributed by atoms with E-state index in [1.165, 1.54) is 0 Å². The fourth-order valence-corrected chi connectivity index (χ4v) is 2.79. The van der Waals surface area contributed by atoms with Crippen molar-refractivity contribution >= 4 is 27.4 Å². The third kappa shape index (κ3) is 2.73. The Morgan fingerprint density at radius 2 is 2.06 bits per heavy atom. The maximum atomic E-state index is 11.2. The number of benzene rings is 1. The average Bonchev–Trinajstić information content (AvgIpc) is 2.38. The molecule has 1 aliphatic rings. The second-order valence-electron chi connectivity index (χ2n) is 4.66.